The van der Waals surface area contributed by atoms with Crippen LogP contribution in [-0.2, 0) is 16.0 Å². The molecule has 0 aliphatic carbocycles. The van der Waals surface area contributed by atoms with Crippen molar-refractivity contribution in [2.45, 2.75) is 25.0 Å². The van der Waals surface area contributed by atoms with Gasteiger partial charge in [-0.15, -0.1) is 0 Å². The molecule has 0 radical (unpaired) electrons. The minimum atomic E-state index is -0.0475. The Morgan fingerprint density at radius 2 is 2.04 bits per heavy atom. The largest absolute Gasteiger partial charge is 0.373 e. The summed E-state index contributed by atoms with van der Waals surface area (Å²) in [6.07, 6.45) is 4.76. The van der Waals surface area contributed by atoms with Crippen LogP contribution in [0.3, 0.4) is 0 Å². The number of rotatable bonds is 6. The molecule has 2 aromatic rings. The summed E-state index contributed by atoms with van der Waals surface area (Å²) in [5.74, 6) is 0.176. The topological polar surface area (TPSA) is 45.7 Å². The lowest BCUT2D eigenvalue weighted by atomic mass is 9.96. The number of likely N-dealkylation sites (N-methyl/N-ethyl adjacent to an activating group) is 1. The number of aromatic nitrogens is 1. The Morgan fingerprint density at radius 1 is 1.23 bits per heavy atom. The molecule has 0 bridgehead atoms. The lowest BCUT2D eigenvalue weighted by Crippen LogP contribution is -2.51. The number of ether oxygens (including phenoxy) is 1. The number of hydrogen-bond acceptors (Lipinski definition) is 4. The number of aryl methyl sites for hydroxylation is 1. The standard InChI is InChI=1S/C21H27N3O2/c1-23(2)16-19-21(18-8-4-3-5-9-18)24(13-14-26-19)20(25)11-10-17-7-6-12-22-15-17/h3-9,12,15,19,21H,10-11,13-14,16H2,1-2H3/t19-,21-/m0/s1. The molecule has 1 aromatic carbocycles. The van der Waals surface area contributed by atoms with Crippen LogP contribution in [0.2, 0.25) is 0 Å². The third-order valence-corrected chi connectivity index (χ3v) is 4.71. The highest BCUT2D eigenvalue weighted by Gasteiger charge is 2.36. The smallest absolute Gasteiger partial charge is 0.223 e. The van der Waals surface area contributed by atoms with Gasteiger partial charge in [-0.25, -0.2) is 0 Å². The van der Waals surface area contributed by atoms with Gasteiger partial charge in [-0.1, -0.05) is 36.4 Å². The molecule has 2 heterocycles. The minimum absolute atomic E-state index is 0.0245. The van der Waals surface area contributed by atoms with Gasteiger partial charge in [0.05, 0.1) is 18.8 Å². The molecule has 1 aliphatic rings. The maximum absolute atomic E-state index is 13.0. The summed E-state index contributed by atoms with van der Waals surface area (Å²) in [6.45, 7) is 2.00. The predicted octanol–water partition coefficient (Wildman–Crippen LogP) is 2.54. The summed E-state index contributed by atoms with van der Waals surface area (Å²) in [6, 6.07) is 14.1. The normalized spacial score (nSPS) is 20.3. The molecule has 1 aromatic heterocycles. The van der Waals surface area contributed by atoms with Gasteiger partial charge in [0, 0.05) is 31.9 Å². The van der Waals surface area contributed by atoms with Crippen molar-refractivity contribution in [2.24, 2.45) is 0 Å². The maximum Gasteiger partial charge on any atom is 0.223 e. The van der Waals surface area contributed by atoms with Crippen molar-refractivity contribution in [3.8, 4) is 0 Å². The summed E-state index contributed by atoms with van der Waals surface area (Å²) in [7, 11) is 4.07. The summed E-state index contributed by atoms with van der Waals surface area (Å²) >= 11 is 0. The van der Waals surface area contributed by atoms with Crippen molar-refractivity contribution in [2.75, 3.05) is 33.8 Å². The molecule has 2 atom stereocenters. The van der Waals surface area contributed by atoms with E-state index in [0.717, 1.165) is 17.7 Å². The highest BCUT2D eigenvalue weighted by atomic mass is 16.5. The second kappa shape index (κ2) is 8.92. The van der Waals surface area contributed by atoms with Gasteiger partial charge in [-0.3, -0.25) is 9.78 Å². The van der Waals surface area contributed by atoms with Crippen molar-refractivity contribution in [3.05, 3.63) is 66.0 Å². The summed E-state index contributed by atoms with van der Waals surface area (Å²) in [5, 5.41) is 0. The molecule has 26 heavy (non-hydrogen) atoms. The first-order chi connectivity index (χ1) is 12.6. The average molecular weight is 353 g/mol. The number of carbonyl (C=O) groups is 1. The molecule has 5 heteroatoms. The number of nitrogens with zero attached hydrogens (tertiary/aromatic N) is 3. The van der Waals surface area contributed by atoms with Crippen molar-refractivity contribution in [1.82, 2.24) is 14.8 Å². The first-order valence-electron chi connectivity index (χ1n) is 9.15. The lowest BCUT2D eigenvalue weighted by molar-refractivity contribution is -0.148. The second-order valence-corrected chi connectivity index (χ2v) is 6.98. The highest BCUT2D eigenvalue weighted by Crippen LogP contribution is 2.30. The van der Waals surface area contributed by atoms with Gasteiger partial charge in [0.2, 0.25) is 5.91 Å². The van der Waals surface area contributed by atoms with E-state index in [1.165, 1.54) is 0 Å². The van der Waals surface area contributed by atoms with Gasteiger partial charge in [0.15, 0.2) is 0 Å². The zero-order valence-electron chi connectivity index (χ0n) is 15.5. The Hall–Kier alpha value is -2.24. The molecule has 5 nitrogen and oxygen atoms in total. The molecule has 1 saturated heterocycles. The SMILES string of the molecule is CN(C)C[C@@H]1OCCN(C(=O)CCc2cccnc2)[C@H]1c1ccccc1. The van der Waals surface area contributed by atoms with Crippen LogP contribution in [0, 0.1) is 0 Å². The van der Waals surface area contributed by atoms with Crippen LogP contribution >= 0.6 is 0 Å². The number of morpholine rings is 1. The molecule has 1 fully saturated rings. The maximum atomic E-state index is 13.0. The third kappa shape index (κ3) is 4.68. The van der Waals surface area contributed by atoms with Crippen LogP contribution in [0.15, 0.2) is 54.9 Å². The molecular formula is C21H27N3O2. The molecule has 0 saturated carbocycles. The lowest BCUT2D eigenvalue weighted by Gasteiger charge is -2.42. The average Bonchev–Trinajstić information content (AvgIpc) is 2.67. The van der Waals surface area contributed by atoms with E-state index in [4.69, 9.17) is 4.74 Å². The number of hydrogen-bond donors (Lipinski definition) is 0. The van der Waals surface area contributed by atoms with Gasteiger partial charge in [-0.05, 0) is 37.7 Å². The van der Waals surface area contributed by atoms with E-state index in [1.54, 1.807) is 6.20 Å². The molecule has 0 unspecified atom stereocenters. The summed E-state index contributed by atoms with van der Waals surface area (Å²) in [5.41, 5.74) is 2.23. The fourth-order valence-electron chi connectivity index (χ4n) is 3.51. The number of carbonyl (C=O) groups excluding carboxylic acids is 1. The number of benzene rings is 1. The Balaban J connectivity index is 1.77. The Morgan fingerprint density at radius 3 is 2.73 bits per heavy atom. The first-order valence-corrected chi connectivity index (χ1v) is 9.15. The van der Waals surface area contributed by atoms with Crippen LogP contribution in [-0.4, -0.2) is 60.6 Å². The quantitative estimate of drug-likeness (QED) is 0.801. The van der Waals surface area contributed by atoms with Gasteiger partial charge in [0.25, 0.3) is 0 Å². The molecule has 1 aliphatic heterocycles. The van der Waals surface area contributed by atoms with Crippen molar-refractivity contribution in [3.63, 3.8) is 0 Å². The summed E-state index contributed by atoms with van der Waals surface area (Å²) in [4.78, 5) is 21.3. The Labute approximate surface area is 155 Å². The Kier molecular flexibility index (Phi) is 6.36. The number of pyridine rings is 1. The van der Waals surface area contributed by atoms with E-state index >= 15 is 0 Å². The van der Waals surface area contributed by atoms with Crippen molar-refractivity contribution >= 4 is 5.91 Å². The van der Waals surface area contributed by atoms with Crippen molar-refractivity contribution < 1.29 is 9.53 Å². The van der Waals surface area contributed by atoms with Crippen LogP contribution in [0.25, 0.3) is 0 Å². The fraction of sp³-hybridized carbons (Fsp3) is 0.429. The van der Waals surface area contributed by atoms with E-state index in [9.17, 15) is 4.79 Å². The second-order valence-electron chi connectivity index (χ2n) is 6.98. The van der Waals surface area contributed by atoms with E-state index < -0.39 is 0 Å². The summed E-state index contributed by atoms with van der Waals surface area (Å²) < 4.78 is 6.05. The van der Waals surface area contributed by atoms with E-state index in [-0.39, 0.29) is 18.1 Å². The van der Waals surface area contributed by atoms with Crippen LogP contribution < -0.4 is 0 Å². The van der Waals surface area contributed by atoms with Gasteiger partial charge < -0.3 is 14.5 Å². The minimum Gasteiger partial charge on any atom is -0.373 e. The zero-order valence-corrected chi connectivity index (χ0v) is 15.5. The van der Waals surface area contributed by atoms with E-state index in [1.807, 2.05) is 55.5 Å². The molecule has 0 N–H and O–H groups in total. The third-order valence-electron chi connectivity index (χ3n) is 4.71. The fourth-order valence-corrected chi connectivity index (χ4v) is 3.51. The monoisotopic (exact) mass is 353 g/mol. The van der Waals surface area contributed by atoms with Crippen LogP contribution in [0.4, 0.5) is 0 Å². The van der Waals surface area contributed by atoms with Crippen molar-refractivity contribution in [1.29, 1.82) is 0 Å². The van der Waals surface area contributed by atoms with E-state index in [0.29, 0.717) is 26.0 Å². The Bertz CT molecular complexity index is 691. The molecular weight excluding hydrogens is 326 g/mol. The van der Waals surface area contributed by atoms with E-state index in [2.05, 4.69) is 22.0 Å². The zero-order chi connectivity index (χ0) is 18.4. The highest BCUT2D eigenvalue weighted by molar-refractivity contribution is 5.77. The van der Waals surface area contributed by atoms with Gasteiger partial charge >= 0.3 is 0 Å². The number of amides is 1. The van der Waals surface area contributed by atoms with Gasteiger partial charge in [-0.2, -0.15) is 0 Å². The molecule has 3 rings (SSSR count). The van der Waals surface area contributed by atoms with Crippen LogP contribution in [0.1, 0.15) is 23.6 Å². The predicted molar refractivity (Wildman–Crippen MR) is 102 cm³/mol. The van der Waals surface area contributed by atoms with Gasteiger partial charge in [0.1, 0.15) is 0 Å². The molecule has 138 valence electrons. The molecule has 0 spiro atoms. The molecule has 1 amide bonds. The van der Waals surface area contributed by atoms with Crippen LogP contribution in [0.5, 0.6) is 0 Å². The first kappa shape index (κ1) is 18.5.